The van der Waals surface area contributed by atoms with Gasteiger partial charge in [-0.05, 0) is 59.4 Å². The molecule has 2 rings (SSSR count). The van der Waals surface area contributed by atoms with Crippen molar-refractivity contribution in [1.29, 1.82) is 0 Å². The molecule has 1 aromatic rings. The summed E-state index contributed by atoms with van der Waals surface area (Å²) in [5.41, 5.74) is 1.27. The summed E-state index contributed by atoms with van der Waals surface area (Å²) in [6.45, 7) is 1.04. The van der Waals surface area contributed by atoms with Crippen molar-refractivity contribution >= 4 is 34.0 Å². The van der Waals surface area contributed by atoms with Gasteiger partial charge in [0.05, 0.1) is 8.49 Å². The third kappa shape index (κ3) is 3.11. The summed E-state index contributed by atoms with van der Waals surface area (Å²) in [6.07, 6.45) is 3.11. The van der Waals surface area contributed by atoms with Crippen LogP contribution in [0.3, 0.4) is 0 Å². The molecular weight excluding hydrogens is 347 g/mol. The van der Waals surface area contributed by atoms with E-state index in [4.69, 9.17) is 5.11 Å². The number of hydrogen-bond acceptors (Lipinski definition) is 4. The zero-order chi connectivity index (χ0) is 13.2. The van der Waals surface area contributed by atoms with Crippen molar-refractivity contribution in [2.75, 3.05) is 18.5 Å². The van der Waals surface area contributed by atoms with Crippen LogP contribution in [0.1, 0.15) is 19.3 Å². The maximum absolute atomic E-state index is 10.7. The van der Waals surface area contributed by atoms with E-state index in [2.05, 4.69) is 5.32 Å². The molecule has 6 heteroatoms. The Morgan fingerprint density at radius 2 is 2.22 bits per heavy atom. The lowest BCUT2D eigenvalue weighted by Crippen LogP contribution is -2.16. The van der Waals surface area contributed by atoms with Crippen molar-refractivity contribution in [3.05, 3.63) is 31.9 Å². The van der Waals surface area contributed by atoms with Crippen LogP contribution in [0.25, 0.3) is 0 Å². The van der Waals surface area contributed by atoms with Crippen molar-refractivity contribution in [3.8, 4) is 0 Å². The normalized spacial score (nSPS) is 16.3. The first-order chi connectivity index (χ1) is 8.56. The molecule has 1 aliphatic rings. The summed E-state index contributed by atoms with van der Waals surface area (Å²) >= 11 is 1.97. The minimum absolute atomic E-state index is 0.137. The Morgan fingerprint density at radius 3 is 2.72 bits per heavy atom. The largest absolute Gasteiger partial charge is 0.396 e. The number of anilines is 1. The first kappa shape index (κ1) is 13.5. The summed E-state index contributed by atoms with van der Waals surface area (Å²) in [5, 5.41) is 23.0. The second kappa shape index (κ2) is 5.40. The van der Waals surface area contributed by atoms with Gasteiger partial charge in [0, 0.05) is 24.9 Å². The fraction of sp³-hybridized carbons (Fsp3) is 0.500. The van der Waals surface area contributed by atoms with Crippen molar-refractivity contribution in [3.63, 3.8) is 0 Å². The third-order valence-electron chi connectivity index (χ3n) is 3.41. The van der Waals surface area contributed by atoms with Crippen LogP contribution in [0.5, 0.6) is 0 Å². The van der Waals surface area contributed by atoms with E-state index < -0.39 is 0 Å². The number of aliphatic hydroxyl groups is 1. The molecule has 0 saturated heterocycles. The number of nitro groups is 1. The zero-order valence-electron chi connectivity index (χ0n) is 9.86. The van der Waals surface area contributed by atoms with E-state index in [1.807, 2.05) is 22.6 Å². The molecule has 5 nitrogen and oxygen atoms in total. The minimum Gasteiger partial charge on any atom is -0.396 e. The van der Waals surface area contributed by atoms with Gasteiger partial charge in [0.25, 0.3) is 5.69 Å². The number of rotatable bonds is 6. The molecular formula is C12H15IN2O3. The Labute approximate surface area is 119 Å². The second-order valence-electron chi connectivity index (χ2n) is 4.75. The van der Waals surface area contributed by atoms with Crippen molar-refractivity contribution in [2.45, 2.75) is 19.3 Å². The molecule has 0 spiro atoms. The van der Waals surface area contributed by atoms with Crippen LogP contribution in [0.2, 0.25) is 0 Å². The quantitative estimate of drug-likeness (QED) is 0.464. The van der Waals surface area contributed by atoms with Crippen LogP contribution in [0.15, 0.2) is 18.2 Å². The summed E-state index contributed by atoms with van der Waals surface area (Å²) in [7, 11) is 0. The predicted octanol–water partition coefficient (Wildman–Crippen LogP) is 2.77. The SMILES string of the molecule is O=[N+]([O-])c1ccc(NCC2(CCO)CC2)cc1I. The highest BCUT2D eigenvalue weighted by atomic mass is 127. The molecule has 0 radical (unpaired) electrons. The molecule has 1 aromatic carbocycles. The van der Waals surface area contributed by atoms with Gasteiger partial charge in [0.2, 0.25) is 0 Å². The highest BCUT2D eigenvalue weighted by molar-refractivity contribution is 14.1. The molecule has 2 N–H and O–H groups in total. The lowest BCUT2D eigenvalue weighted by atomic mass is 10.0. The predicted molar refractivity (Wildman–Crippen MR) is 77.7 cm³/mol. The Bertz CT molecular complexity index is 461. The Kier molecular flexibility index (Phi) is 4.06. The standard InChI is InChI=1S/C12H15IN2O3/c13-10-7-9(1-2-11(10)15(17)18)14-8-12(3-4-12)5-6-16/h1-2,7,14,16H,3-6,8H2. The Balaban J connectivity index is 1.98. The monoisotopic (exact) mass is 362 g/mol. The number of nitrogens with one attached hydrogen (secondary N) is 1. The van der Waals surface area contributed by atoms with E-state index in [0.717, 1.165) is 31.5 Å². The number of nitro benzene ring substituents is 1. The average molecular weight is 362 g/mol. The smallest absolute Gasteiger partial charge is 0.282 e. The Morgan fingerprint density at radius 1 is 1.50 bits per heavy atom. The van der Waals surface area contributed by atoms with Crippen LogP contribution in [0.4, 0.5) is 11.4 Å². The molecule has 1 fully saturated rings. The number of aliphatic hydroxyl groups excluding tert-OH is 1. The first-order valence-electron chi connectivity index (χ1n) is 5.85. The molecule has 0 heterocycles. The highest BCUT2D eigenvalue weighted by Gasteiger charge is 2.41. The molecule has 0 amide bonds. The van der Waals surface area contributed by atoms with E-state index in [0.29, 0.717) is 3.57 Å². The molecule has 0 atom stereocenters. The molecule has 18 heavy (non-hydrogen) atoms. The number of benzene rings is 1. The molecule has 0 unspecified atom stereocenters. The average Bonchev–Trinajstić information content (AvgIpc) is 3.07. The van der Waals surface area contributed by atoms with E-state index in [-0.39, 0.29) is 22.6 Å². The molecule has 0 aliphatic heterocycles. The van der Waals surface area contributed by atoms with E-state index in [1.54, 1.807) is 12.1 Å². The van der Waals surface area contributed by atoms with Crippen molar-refractivity contribution in [1.82, 2.24) is 0 Å². The highest BCUT2D eigenvalue weighted by Crippen LogP contribution is 2.48. The number of halogens is 1. The van der Waals surface area contributed by atoms with Gasteiger partial charge in [-0.15, -0.1) is 0 Å². The third-order valence-corrected chi connectivity index (χ3v) is 4.28. The van der Waals surface area contributed by atoms with Gasteiger partial charge in [-0.1, -0.05) is 0 Å². The van der Waals surface area contributed by atoms with E-state index in [9.17, 15) is 10.1 Å². The van der Waals surface area contributed by atoms with Crippen LogP contribution < -0.4 is 5.32 Å². The maximum Gasteiger partial charge on any atom is 0.282 e. The number of nitrogens with zero attached hydrogens (tertiary/aromatic N) is 1. The summed E-state index contributed by atoms with van der Waals surface area (Å²) in [5.74, 6) is 0. The van der Waals surface area contributed by atoms with Gasteiger partial charge in [-0.25, -0.2) is 0 Å². The topological polar surface area (TPSA) is 75.4 Å². The van der Waals surface area contributed by atoms with Crippen LogP contribution in [0, 0.1) is 19.1 Å². The molecule has 98 valence electrons. The van der Waals surface area contributed by atoms with Crippen molar-refractivity contribution in [2.24, 2.45) is 5.41 Å². The van der Waals surface area contributed by atoms with Gasteiger partial charge in [-0.3, -0.25) is 10.1 Å². The Hall–Kier alpha value is -0.890. The molecule has 0 bridgehead atoms. The van der Waals surface area contributed by atoms with Gasteiger partial charge in [-0.2, -0.15) is 0 Å². The van der Waals surface area contributed by atoms with Gasteiger partial charge >= 0.3 is 0 Å². The summed E-state index contributed by atoms with van der Waals surface area (Å²) < 4.78 is 0.634. The first-order valence-corrected chi connectivity index (χ1v) is 6.93. The fourth-order valence-electron chi connectivity index (χ4n) is 1.98. The van der Waals surface area contributed by atoms with Crippen LogP contribution in [-0.2, 0) is 0 Å². The second-order valence-corrected chi connectivity index (χ2v) is 5.91. The van der Waals surface area contributed by atoms with Crippen LogP contribution in [-0.4, -0.2) is 23.2 Å². The van der Waals surface area contributed by atoms with E-state index in [1.165, 1.54) is 6.07 Å². The number of hydrogen-bond donors (Lipinski definition) is 2. The molecule has 1 saturated carbocycles. The van der Waals surface area contributed by atoms with Gasteiger partial charge in [0.15, 0.2) is 0 Å². The lowest BCUT2D eigenvalue weighted by molar-refractivity contribution is -0.385. The fourth-order valence-corrected chi connectivity index (χ4v) is 2.70. The maximum atomic E-state index is 10.7. The van der Waals surface area contributed by atoms with Crippen molar-refractivity contribution < 1.29 is 10.0 Å². The zero-order valence-corrected chi connectivity index (χ0v) is 12.0. The summed E-state index contributed by atoms with van der Waals surface area (Å²) in [6, 6.07) is 5.04. The van der Waals surface area contributed by atoms with Crippen LogP contribution >= 0.6 is 22.6 Å². The van der Waals surface area contributed by atoms with Gasteiger partial charge < -0.3 is 10.4 Å². The van der Waals surface area contributed by atoms with Gasteiger partial charge in [0.1, 0.15) is 0 Å². The minimum atomic E-state index is -0.375. The molecule has 0 aromatic heterocycles. The summed E-state index contributed by atoms with van der Waals surface area (Å²) in [4.78, 5) is 10.3. The lowest BCUT2D eigenvalue weighted by Gasteiger charge is -2.15. The van der Waals surface area contributed by atoms with E-state index >= 15 is 0 Å². The molecule has 1 aliphatic carbocycles.